The predicted octanol–water partition coefficient (Wildman–Crippen LogP) is 0.146. The molecule has 0 atom stereocenters. The van der Waals surface area contributed by atoms with E-state index in [1.807, 2.05) is 0 Å². The minimum Gasteiger partial charge on any atom is -0.456 e. The quantitative estimate of drug-likeness (QED) is 0.632. The van der Waals surface area contributed by atoms with E-state index in [0.717, 1.165) is 12.8 Å². The lowest BCUT2D eigenvalue weighted by molar-refractivity contribution is -0.152. The van der Waals surface area contributed by atoms with E-state index >= 15 is 0 Å². The summed E-state index contributed by atoms with van der Waals surface area (Å²) in [7, 11) is 3.09. The number of nitrogens with zero attached hydrogens (tertiary/aromatic N) is 3. The first-order valence-corrected chi connectivity index (χ1v) is 9.48. The minimum absolute atomic E-state index is 0.0161. The molecule has 3 rings (SSSR count). The molecule has 154 valence electrons. The first kappa shape index (κ1) is 20.5. The van der Waals surface area contributed by atoms with Crippen LogP contribution in [-0.4, -0.2) is 58.5 Å². The summed E-state index contributed by atoms with van der Waals surface area (Å²) in [6, 6.07) is 7.23. The molecule has 9 nitrogen and oxygen atoms in total. The van der Waals surface area contributed by atoms with E-state index in [0.29, 0.717) is 16.7 Å². The molecule has 1 aromatic heterocycles. The summed E-state index contributed by atoms with van der Waals surface area (Å²) in [6.45, 7) is -0.508. The second-order valence-electron chi connectivity index (χ2n) is 7.16. The molecule has 0 spiro atoms. The van der Waals surface area contributed by atoms with Gasteiger partial charge in [-0.3, -0.25) is 23.7 Å². The summed E-state index contributed by atoms with van der Waals surface area (Å²) in [5, 5.41) is 3.30. The summed E-state index contributed by atoms with van der Waals surface area (Å²) >= 11 is 0. The Bertz CT molecular complexity index is 996. The highest BCUT2D eigenvalue weighted by Gasteiger charge is 2.24. The van der Waals surface area contributed by atoms with Crippen molar-refractivity contribution < 1.29 is 19.1 Å². The molecule has 1 fully saturated rings. The van der Waals surface area contributed by atoms with Gasteiger partial charge in [0, 0.05) is 26.6 Å². The number of para-hydroxylation sites is 1. The van der Waals surface area contributed by atoms with Crippen molar-refractivity contribution in [1.82, 2.24) is 19.8 Å². The van der Waals surface area contributed by atoms with Gasteiger partial charge in [-0.1, -0.05) is 12.1 Å². The van der Waals surface area contributed by atoms with Crippen molar-refractivity contribution in [3.05, 3.63) is 40.4 Å². The summed E-state index contributed by atoms with van der Waals surface area (Å²) in [5.74, 6) is -0.791. The summed E-state index contributed by atoms with van der Waals surface area (Å²) in [4.78, 5) is 53.7. The van der Waals surface area contributed by atoms with Crippen LogP contribution in [0, 0.1) is 0 Å². The fraction of sp³-hybridized carbons (Fsp3) is 0.450. The Hall–Kier alpha value is -3.23. The van der Waals surface area contributed by atoms with E-state index in [-0.39, 0.29) is 36.9 Å². The summed E-state index contributed by atoms with van der Waals surface area (Å²) < 4.78 is 6.41. The van der Waals surface area contributed by atoms with E-state index in [1.54, 1.807) is 31.3 Å². The van der Waals surface area contributed by atoms with Crippen molar-refractivity contribution in [2.24, 2.45) is 7.05 Å². The molecule has 1 saturated carbocycles. The van der Waals surface area contributed by atoms with Gasteiger partial charge in [-0.2, -0.15) is 0 Å². The third-order valence-corrected chi connectivity index (χ3v) is 4.73. The van der Waals surface area contributed by atoms with Crippen LogP contribution >= 0.6 is 0 Å². The standard InChI is InChI=1S/C20H24N4O5/c1-23(11-17(25)21-13-7-8-13)18(26)12-29-19(27)10-9-16-22-15-6-4-3-5-14(15)20(28)24(16)2/h3-6,13H,7-12H2,1-2H3,(H,21,25). The van der Waals surface area contributed by atoms with Gasteiger partial charge in [-0.05, 0) is 25.0 Å². The molecule has 0 saturated heterocycles. The second kappa shape index (κ2) is 8.85. The molecule has 29 heavy (non-hydrogen) atoms. The number of ether oxygens (including phenoxy) is 1. The van der Waals surface area contributed by atoms with Crippen LogP contribution in [0.15, 0.2) is 29.1 Å². The van der Waals surface area contributed by atoms with Gasteiger partial charge in [0.1, 0.15) is 5.82 Å². The highest BCUT2D eigenvalue weighted by molar-refractivity contribution is 5.86. The molecule has 0 radical (unpaired) electrons. The summed E-state index contributed by atoms with van der Waals surface area (Å²) in [6.07, 6.45) is 2.14. The molecule has 1 heterocycles. The van der Waals surface area contributed by atoms with Crippen molar-refractivity contribution >= 4 is 28.7 Å². The lowest BCUT2D eigenvalue weighted by Gasteiger charge is -2.16. The van der Waals surface area contributed by atoms with Gasteiger partial charge in [-0.25, -0.2) is 4.98 Å². The van der Waals surface area contributed by atoms with E-state index in [4.69, 9.17) is 4.74 Å². The van der Waals surface area contributed by atoms with Crippen LogP contribution in [0.4, 0.5) is 0 Å². The fourth-order valence-electron chi connectivity index (χ4n) is 2.83. The molecule has 0 bridgehead atoms. The van der Waals surface area contributed by atoms with Crippen LogP contribution in [0.25, 0.3) is 10.9 Å². The molecule has 2 amide bonds. The van der Waals surface area contributed by atoms with Crippen molar-refractivity contribution in [3.63, 3.8) is 0 Å². The molecule has 1 aromatic carbocycles. The average molecular weight is 400 g/mol. The SMILES string of the molecule is CN(CC(=O)NC1CC1)C(=O)COC(=O)CCc1nc2ccccc2c(=O)n1C. The number of fused-ring (bicyclic) bond motifs is 1. The number of likely N-dealkylation sites (N-methyl/N-ethyl adjacent to an activating group) is 1. The van der Waals surface area contributed by atoms with Gasteiger partial charge in [-0.15, -0.1) is 0 Å². The molecule has 1 aliphatic rings. The van der Waals surface area contributed by atoms with Crippen molar-refractivity contribution in [2.75, 3.05) is 20.2 Å². The zero-order chi connectivity index (χ0) is 21.0. The Morgan fingerprint density at radius 3 is 2.72 bits per heavy atom. The zero-order valence-electron chi connectivity index (χ0n) is 16.5. The van der Waals surface area contributed by atoms with E-state index < -0.39 is 18.5 Å². The predicted molar refractivity (Wildman–Crippen MR) is 105 cm³/mol. The Balaban J connectivity index is 1.48. The van der Waals surface area contributed by atoms with Gasteiger partial charge in [0.15, 0.2) is 6.61 Å². The molecule has 2 aromatic rings. The van der Waals surface area contributed by atoms with Crippen molar-refractivity contribution in [2.45, 2.75) is 31.7 Å². The second-order valence-corrected chi connectivity index (χ2v) is 7.16. The maximum Gasteiger partial charge on any atom is 0.306 e. The number of carbonyl (C=O) groups excluding carboxylic acids is 3. The average Bonchev–Trinajstić information content (AvgIpc) is 3.51. The number of nitrogens with one attached hydrogen (secondary N) is 1. The third-order valence-electron chi connectivity index (χ3n) is 4.73. The van der Waals surface area contributed by atoms with Gasteiger partial charge >= 0.3 is 5.97 Å². The highest BCUT2D eigenvalue weighted by Crippen LogP contribution is 2.18. The van der Waals surface area contributed by atoms with E-state index in [9.17, 15) is 19.2 Å². The Morgan fingerprint density at radius 1 is 1.28 bits per heavy atom. The lowest BCUT2D eigenvalue weighted by atomic mass is 10.2. The lowest BCUT2D eigenvalue weighted by Crippen LogP contribution is -2.40. The number of amides is 2. The first-order chi connectivity index (χ1) is 13.8. The van der Waals surface area contributed by atoms with Crippen molar-refractivity contribution in [1.29, 1.82) is 0 Å². The maximum atomic E-state index is 12.4. The number of rotatable bonds is 8. The first-order valence-electron chi connectivity index (χ1n) is 9.48. The number of hydrogen-bond acceptors (Lipinski definition) is 6. The molecular formula is C20H24N4O5. The number of carbonyl (C=O) groups is 3. The Labute approximate surface area is 167 Å². The summed E-state index contributed by atoms with van der Waals surface area (Å²) in [5.41, 5.74) is 0.389. The largest absolute Gasteiger partial charge is 0.456 e. The Kier molecular flexibility index (Phi) is 6.26. The molecule has 0 unspecified atom stereocenters. The fourth-order valence-corrected chi connectivity index (χ4v) is 2.83. The third kappa shape index (κ3) is 5.40. The maximum absolute atomic E-state index is 12.4. The van der Waals surface area contributed by atoms with Crippen molar-refractivity contribution in [3.8, 4) is 0 Å². The van der Waals surface area contributed by atoms with Crippen LogP contribution in [0.2, 0.25) is 0 Å². The minimum atomic E-state index is -0.573. The molecule has 1 N–H and O–H groups in total. The number of benzene rings is 1. The van der Waals surface area contributed by atoms with Crippen LogP contribution in [0.1, 0.15) is 25.1 Å². The molecule has 9 heteroatoms. The van der Waals surface area contributed by atoms with E-state index in [1.165, 1.54) is 16.5 Å². The monoisotopic (exact) mass is 400 g/mol. The number of aromatic nitrogens is 2. The smallest absolute Gasteiger partial charge is 0.306 e. The van der Waals surface area contributed by atoms with Crippen LogP contribution < -0.4 is 10.9 Å². The van der Waals surface area contributed by atoms with Gasteiger partial charge < -0.3 is 15.0 Å². The van der Waals surface area contributed by atoms with Gasteiger partial charge in [0.05, 0.1) is 23.9 Å². The highest BCUT2D eigenvalue weighted by atomic mass is 16.5. The number of esters is 1. The Morgan fingerprint density at radius 2 is 2.00 bits per heavy atom. The topological polar surface area (TPSA) is 111 Å². The molecular weight excluding hydrogens is 376 g/mol. The zero-order valence-corrected chi connectivity index (χ0v) is 16.5. The molecule has 0 aliphatic heterocycles. The van der Waals surface area contributed by atoms with Crippen LogP contribution in [-0.2, 0) is 32.6 Å². The van der Waals surface area contributed by atoms with E-state index in [2.05, 4.69) is 10.3 Å². The van der Waals surface area contributed by atoms with Crippen LogP contribution in [0.5, 0.6) is 0 Å². The molecule has 1 aliphatic carbocycles. The number of hydrogen-bond donors (Lipinski definition) is 1. The van der Waals surface area contributed by atoms with Gasteiger partial charge in [0.2, 0.25) is 5.91 Å². The number of aryl methyl sites for hydroxylation is 1. The van der Waals surface area contributed by atoms with Crippen LogP contribution in [0.3, 0.4) is 0 Å². The normalized spacial score (nSPS) is 13.2. The van der Waals surface area contributed by atoms with Gasteiger partial charge in [0.25, 0.3) is 11.5 Å².